The van der Waals surface area contributed by atoms with Crippen LogP contribution in [0.4, 0.5) is 0 Å². The van der Waals surface area contributed by atoms with E-state index in [-0.39, 0.29) is 18.8 Å². The van der Waals surface area contributed by atoms with Crippen LogP contribution in [0.5, 0.6) is 11.5 Å². The third-order valence-electron chi connectivity index (χ3n) is 5.27. The van der Waals surface area contributed by atoms with Gasteiger partial charge in [-0.25, -0.2) is 0 Å². The molecule has 30 heavy (non-hydrogen) atoms. The second kappa shape index (κ2) is 8.61. The molecule has 1 heterocycles. The summed E-state index contributed by atoms with van der Waals surface area (Å²) < 4.78 is 10.9. The zero-order chi connectivity index (χ0) is 22.0. The Morgan fingerprint density at radius 3 is 2.33 bits per heavy atom. The van der Waals surface area contributed by atoms with Crippen molar-refractivity contribution in [3.05, 3.63) is 47.0 Å². The van der Waals surface area contributed by atoms with Crippen molar-refractivity contribution < 1.29 is 24.2 Å². The molecule has 0 saturated heterocycles. The highest BCUT2D eigenvalue weighted by atomic mass is 16.5. The molecule has 1 atom stereocenters. The van der Waals surface area contributed by atoms with Gasteiger partial charge in [-0.2, -0.15) is 0 Å². The van der Waals surface area contributed by atoms with E-state index in [0.717, 1.165) is 44.6 Å². The van der Waals surface area contributed by atoms with Crippen molar-refractivity contribution in [3.8, 4) is 22.8 Å². The third kappa shape index (κ3) is 4.48. The van der Waals surface area contributed by atoms with Gasteiger partial charge in [-0.05, 0) is 79.3 Å². The molecule has 0 aliphatic heterocycles. The molecule has 0 amide bonds. The van der Waals surface area contributed by atoms with Crippen molar-refractivity contribution in [2.75, 3.05) is 7.11 Å². The number of H-pyrrole nitrogens is 1. The van der Waals surface area contributed by atoms with E-state index >= 15 is 0 Å². The van der Waals surface area contributed by atoms with E-state index in [2.05, 4.69) is 11.9 Å². The molecule has 2 N–H and O–H groups in total. The molecule has 6 heteroatoms. The predicted molar refractivity (Wildman–Crippen MR) is 116 cm³/mol. The monoisotopic (exact) mass is 409 g/mol. The maximum atomic E-state index is 12.3. The van der Waals surface area contributed by atoms with E-state index in [1.54, 1.807) is 14.0 Å². The Morgan fingerprint density at radius 2 is 1.73 bits per heavy atom. The molecule has 158 valence electrons. The number of esters is 1. The Hall–Kier alpha value is -3.28. The first-order chi connectivity index (χ1) is 14.2. The summed E-state index contributed by atoms with van der Waals surface area (Å²) in [6.45, 7) is 7.60. The summed E-state index contributed by atoms with van der Waals surface area (Å²) in [5, 5.41) is 9.96. The van der Waals surface area contributed by atoms with Crippen LogP contribution in [0, 0.1) is 26.7 Å². The number of methoxy groups -OCH3 is 1. The minimum Gasteiger partial charge on any atom is -0.497 e. The summed E-state index contributed by atoms with van der Waals surface area (Å²) in [6, 6.07) is 9.92. The fourth-order valence-corrected chi connectivity index (χ4v) is 3.79. The molecule has 0 bridgehead atoms. The first-order valence-corrected chi connectivity index (χ1v) is 9.90. The average molecular weight is 409 g/mol. The van der Waals surface area contributed by atoms with Crippen LogP contribution < -0.4 is 9.47 Å². The highest BCUT2D eigenvalue weighted by molar-refractivity contribution is 5.91. The maximum absolute atomic E-state index is 12.3. The van der Waals surface area contributed by atoms with Gasteiger partial charge < -0.3 is 19.6 Å². The molecule has 0 aliphatic carbocycles. The van der Waals surface area contributed by atoms with Gasteiger partial charge in [-0.1, -0.05) is 6.92 Å². The van der Waals surface area contributed by atoms with Gasteiger partial charge in [0.15, 0.2) is 0 Å². The fourth-order valence-electron chi connectivity index (χ4n) is 3.79. The highest BCUT2D eigenvalue weighted by Crippen LogP contribution is 2.35. The highest BCUT2D eigenvalue weighted by Gasteiger charge is 2.18. The Balaban J connectivity index is 1.88. The summed E-state index contributed by atoms with van der Waals surface area (Å²) in [7, 11) is 1.65. The number of hydrogen-bond donors (Lipinski definition) is 2. The molecule has 1 unspecified atom stereocenters. The van der Waals surface area contributed by atoms with Crippen LogP contribution in [0.2, 0.25) is 0 Å². The van der Waals surface area contributed by atoms with Crippen molar-refractivity contribution in [1.82, 2.24) is 4.98 Å². The van der Waals surface area contributed by atoms with Crippen molar-refractivity contribution in [3.63, 3.8) is 0 Å². The lowest BCUT2D eigenvalue weighted by Gasteiger charge is -2.14. The lowest BCUT2D eigenvalue weighted by Crippen LogP contribution is -2.15. The zero-order valence-electron chi connectivity index (χ0n) is 18.0. The number of carboxylic acid groups (broad SMARTS) is 1. The van der Waals surface area contributed by atoms with Crippen LogP contribution >= 0.6 is 0 Å². The first kappa shape index (κ1) is 21.4. The quantitative estimate of drug-likeness (QED) is 0.415. The summed E-state index contributed by atoms with van der Waals surface area (Å²) in [4.78, 5) is 26.5. The topological polar surface area (TPSA) is 88.6 Å². The molecule has 0 aliphatic rings. The van der Waals surface area contributed by atoms with Gasteiger partial charge in [0.05, 0.1) is 7.11 Å². The summed E-state index contributed by atoms with van der Waals surface area (Å²) >= 11 is 0. The van der Waals surface area contributed by atoms with Crippen LogP contribution in [0.3, 0.4) is 0 Å². The molecule has 1 aromatic heterocycles. The van der Waals surface area contributed by atoms with E-state index in [9.17, 15) is 9.59 Å². The number of ether oxygens (including phenoxy) is 2. The fraction of sp³-hybridized carbons (Fsp3) is 0.333. The SMILES string of the molecule is COc1ccc2[nH]c(-c3cc(C)c(OC(=O)CC(C)CC(=O)O)c(C)c3)c(C)c2c1. The van der Waals surface area contributed by atoms with Crippen molar-refractivity contribution in [2.24, 2.45) is 5.92 Å². The lowest BCUT2D eigenvalue weighted by atomic mass is 10.0. The minimum atomic E-state index is -0.918. The van der Waals surface area contributed by atoms with Gasteiger partial charge in [0.2, 0.25) is 0 Å². The number of carbonyl (C=O) groups excluding carboxylic acids is 1. The number of carbonyl (C=O) groups is 2. The molecule has 6 nitrogen and oxygen atoms in total. The number of nitrogens with one attached hydrogen (secondary N) is 1. The van der Waals surface area contributed by atoms with Gasteiger partial charge in [0, 0.05) is 29.4 Å². The minimum absolute atomic E-state index is 0.0591. The second-order valence-electron chi connectivity index (χ2n) is 7.86. The number of aliphatic carboxylic acids is 1. The number of aromatic amines is 1. The lowest BCUT2D eigenvalue weighted by molar-refractivity contribution is -0.139. The van der Waals surface area contributed by atoms with Gasteiger partial charge in [-0.15, -0.1) is 0 Å². The molecule has 2 aromatic carbocycles. The third-order valence-corrected chi connectivity index (χ3v) is 5.27. The van der Waals surface area contributed by atoms with Gasteiger partial charge in [0.1, 0.15) is 11.5 Å². The standard InChI is InChI=1S/C24H27NO5/c1-13(8-21(26)27)9-22(28)30-24-14(2)10-17(11-15(24)3)23-16(4)19-12-18(29-5)6-7-20(19)25-23/h6-7,10-13,25H,8-9H2,1-5H3,(H,26,27). The smallest absolute Gasteiger partial charge is 0.311 e. The van der Waals surface area contributed by atoms with Crippen LogP contribution in [0.1, 0.15) is 36.5 Å². The van der Waals surface area contributed by atoms with Crippen LogP contribution in [0.15, 0.2) is 30.3 Å². The Labute approximate surface area is 175 Å². The largest absolute Gasteiger partial charge is 0.497 e. The van der Waals surface area contributed by atoms with Crippen LogP contribution in [-0.4, -0.2) is 29.1 Å². The van der Waals surface area contributed by atoms with Crippen LogP contribution in [-0.2, 0) is 9.59 Å². The summed E-state index contributed by atoms with van der Waals surface area (Å²) in [5.74, 6) is -0.277. The van der Waals surface area contributed by atoms with Gasteiger partial charge >= 0.3 is 11.9 Å². The van der Waals surface area contributed by atoms with Crippen molar-refractivity contribution in [1.29, 1.82) is 0 Å². The molecule has 3 aromatic rings. The molecule has 3 rings (SSSR count). The number of rotatable bonds is 7. The number of aromatic nitrogens is 1. The van der Waals surface area contributed by atoms with Crippen molar-refractivity contribution in [2.45, 2.75) is 40.5 Å². The number of fused-ring (bicyclic) bond motifs is 1. The summed E-state index contributed by atoms with van der Waals surface area (Å²) in [5.41, 5.74) is 5.87. The number of carboxylic acids is 1. The molecule has 0 spiro atoms. The van der Waals surface area contributed by atoms with E-state index in [1.165, 1.54) is 0 Å². The van der Waals surface area contributed by atoms with Crippen LogP contribution in [0.25, 0.3) is 22.2 Å². The van der Waals surface area contributed by atoms with E-state index in [1.807, 2.05) is 44.2 Å². The second-order valence-corrected chi connectivity index (χ2v) is 7.86. The van der Waals surface area contributed by atoms with Crippen molar-refractivity contribution >= 4 is 22.8 Å². The first-order valence-electron chi connectivity index (χ1n) is 9.90. The molecule has 0 radical (unpaired) electrons. The molecule has 0 fully saturated rings. The summed E-state index contributed by atoms with van der Waals surface area (Å²) in [6.07, 6.45) is 0.00629. The molecular formula is C24H27NO5. The predicted octanol–water partition coefficient (Wildman–Crippen LogP) is 5.18. The molecule has 0 saturated carbocycles. The van der Waals surface area contributed by atoms with Gasteiger partial charge in [0.25, 0.3) is 0 Å². The Kier molecular flexibility index (Phi) is 6.15. The van der Waals surface area contributed by atoms with E-state index < -0.39 is 11.9 Å². The molecular weight excluding hydrogens is 382 g/mol. The van der Waals surface area contributed by atoms with E-state index in [0.29, 0.717) is 5.75 Å². The van der Waals surface area contributed by atoms with E-state index in [4.69, 9.17) is 14.6 Å². The van der Waals surface area contributed by atoms with Gasteiger partial charge in [-0.3, -0.25) is 9.59 Å². The normalized spacial score (nSPS) is 12.0. The Bertz CT molecular complexity index is 1090. The average Bonchev–Trinajstić information content (AvgIpc) is 2.99. The zero-order valence-corrected chi connectivity index (χ0v) is 18.0. The number of benzene rings is 2. The number of aryl methyl sites for hydroxylation is 3. The Morgan fingerprint density at radius 1 is 1.07 bits per heavy atom. The number of hydrogen-bond acceptors (Lipinski definition) is 4. The maximum Gasteiger partial charge on any atom is 0.311 e.